The van der Waals surface area contributed by atoms with Gasteiger partial charge >= 0.3 is 0 Å². The van der Waals surface area contributed by atoms with Crippen LogP contribution in [0.15, 0.2) is 115 Å². The van der Waals surface area contributed by atoms with Gasteiger partial charge in [0.25, 0.3) is 0 Å². The first-order chi connectivity index (χ1) is 22.2. The molecule has 3 aromatic carbocycles. The standard InChI is InChI=1S/C38H38N4O2S/c1-2-28-18-19-34-35(24-28)45-37(40-34)42(36(43)29-20-22-44-23-21-29)26-33-25-41(27-39-33)38(30-12-6-3-7-13-30,31-14-8-4-9-15-31)32-16-10-5-11-17-32/h3-4,6-10,12-19,24-25,27,29H,2,5,11,20-23,26H2,1H3. The minimum atomic E-state index is -0.618. The van der Waals surface area contributed by atoms with Crippen LogP contribution in [-0.4, -0.2) is 33.7 Å². The molecule has 6 nitrogen and oxygen atoms in total. The summed E-state index contributed by atoms with van der Waals surface area (Å²) < 4.78 is 8.93. The van der Waals surface area contributed by atoms with Crippen LogP contribution in [0.3, 0.4) is 0 Å². The zero-order chi connectivity index (χ0) is 30.6. The van der Waals surface area contributed by atoms with E-state index < -0.39 is 5.54 Å². The highest BCUT2D eigenvalue weighted by molar-refractivity contribution is 7.22. The maximum absolute atomic E-state index is 14.2. The monoisotopic (exact) mass is 614 g/mol. The number of aryl methyl sites for hydroxylation is 1. The van der Waals surface area contributed by atoms with Crippen LogP contribution in [0.1, 0.15) is 55.0 Å². The van der Waals surface area contributed by atoms with E-state index in [-0.39, 0.29) is 11.8 Å². The molecule has 0 N–H and O–H groups in total. The smallest absolute Gasteiger partial charge is 0.232 e. The van der Waals surface area contributed by atoms with Gasteiger partial charge in [0.1, 0.15) is 5.54 Å². The molecule has 7 heteroatoms. The zero-order valence-corrected chi connectivity index (χ0v) is 26.5. The summed E-state index contributed by atoms with van der Waals surface area (Å²) >= 11 is 1.59. The largest absolute Gasteiger partial charge is 0.381 e. The van der Waals surface area contributed by atoms with E-state index in [1.54, 1.807) is 11.3 Å². The molecule has 0 radical (unpaired) electrons. The average molecular weight is 615 g/mol. The number of imidazole rings is 1. The average Bonchev–Trinajstić information content (AvgIpc) is 3.76. The fourth-order valence-electron chi connectivity index (χ4n) is 6.68. The molecule has 2 aliphatic rings. The maximum Gasteiger partial charge on any atom is 0.232 e. The topological polar surface area (TPSA) is 60.2 Å². The number of aromatic nitrogens is 3. The molecule has 2 aromatic heterocycles. The van der Waals surface area contributed by atoms with Gasteiger partial charge in [-0.05, 0) is 66.5 Å². The number of fused-ring (bicyclic) bond motifs is 1. The van der Waals surface area contributed by atoms with Crippen molar-refractivity contribution >= 4 is 32.6 Å². The second-order valence-corrected chi connectivity index (χ2v) is 12.8. The van der Waals surface area contributed by atoms with E-state index in [0.29, 0.717) is 19.8 Å². The predicted molar refractivity (Wildman–Crippen MR) is 181 cm³/mol. The van der Waals surface area contributed by atoms with Crippen LogP contribution < -0.4 is 4.90 Å². The highest BCUT2D eigenvalue weighted by Gasteiger charge is 2.40. The van der Waals surface area contributed by atoms with Gasteiger partial charge < -0.3 is 9.30 Å². The highest BCUT2D eigenvalue weighted by atomic mass is 32.1. The summed E-state index contributed by atoms with van der Waals surface area (Å²) in [6.07, 6.45) is 15.4. The molecule has 1 saturated heterocycles. The number of rotatable bonds is 9. The minimum Gasteiger partial charge on any atom is -0.381 e. The quantitative estimate of drug-likeness (QED) is 0.168. The Bertz CT molecular complexity index is 1790. The van der Waals surface area contributed by atoms with E-state index in [4.69, 9.17) is 14.7 Å². The van der Waals surface area contributed by atoms with Gasteiger partial charge in [-0.2, -0.15) is 0 Å². The Morgan fingerprint density at radius 2 is 1.73 bits per heavy atom. The van der Waals surface area contributed by atoms with Gasteiger partial charge in [0, 0.05) is 25.3 Å². The molecular weight excluding hydrogens is 577 g/mol. The van der Waals surface area contributed by atoms with E-state index in [1.807, 2.05) is 11.2 Å². The number of carbonyl (C=O) groups excluding carboxylic acids is 1. The van der Waals surface area contributed by atoms with Crippen molar-refractivity contribution in [2.45, 2.75) is 51.1 Å². The first kappa shape index (κ1) is 29.4. The molecule has 1 aliphatic heterocycles. The van der Waals surface area contributed by atoms with Gasteiger partial charge in [-0.3, -0.25) is 9.69 Å². The van der Waals surface area contributed by atoms with Crippen LogP contribution in [0.5, 0.6) is 0 Å². The number of thiazole rings is 1. The summed E-state index contributed by atoms with van der Waals surface area (Å²) in [5, 5.41) is 0.722. The highest BCUT2D eigenvalue weighted by Crippen LogP contribution is 2.43. The second kappa shape index (κ2) is 13.0. The summed E-state index contributed by atoms with van der Waals surface area (Å²) in [7, 11) is 0. The Hall–Kier alpha value is -4.33. The number of nitrogens with zero attached hydrogens (tertiary/aromatic N) is 4. The van der Waals surface area contributed by atoms with Gasteiger partial charge in [-0.1, -0.05) is 103 Å². The number of carbonyl (C=O) groups is 1. The molecular formula is C38H38N4O2S. The first-order valence-electron chi connectivity index (χ1n) is 16.0. The molecule has 7 rings (SSSR count). The molecule has 0 bridgehead atoms. The molecule has 1 aliphatic carbocycles. The van der Waals surface area contributed by atoms with Crippen molar-refractivity contribution in [3.8, 4) is 0 Å². The summed E-state index contributed by atoms with van der Waals surface area (Å²) in [6.45, 7) is 3.72. The zero-order valence-electron chi connectivity index (χ0n) is 25.6. The number of benzene rings is 3. The van der Waals surface area contributed by atoms with E-state index in [0.717, 1.165) is 64.3 Å². The van der Waals surface area contributed by atoms with E-state index in [1.165, 1.54) is 11.1 Å². The molecule has 1 fully saturated rings. The SMILES string of the molecule is CCc1ccc2nc(N(Cc3cn(C(C4=CCCC=C4)(c4ccccc4)c4ccccc4)cn3)C(=O)C3CCOCC3)sc2c1. The molecule has 228 valence electrons. The Kier molecular flexibility index (Phi) is 8.46. The summed E-state index contributed by atoms with van der Waals surface area (Å²) in [4.78, 5) is 26.0. The lowest BCUT2D eigenvalue weighted by atomic mass is 9.75. The number of anilines is 1. The summed E-state index contributed by atoms with van der Waals surface area (Å²) in [5.41, 5.74) is 5.92. The molecule has 0 saturated carbocycles. The van der Waals surface area contributed by atoms with Crippen LogP contribution >= 0.6 is 11.3 Å². The number of hydrogen-bond acceptors (Lipinski definition) is 5. The Balaban J connectivity index is 1.33. The number of allylic oxidation sites excluding steroid dienone is 4. The van der Waals surface area contributed by atoms with Gasteiger partial charge in [0.2, 0.25) is 5.91 Å². The lowest BCUT2D eigenvalue weighted by Crippen LogP contribution is -2.39. The lowest BCUT2D eigenvalue weighted by Gasteiger charge is -2.39. The van der Waals surface area contributed by atoms with E-state index >= 15 is 0 Å². The summed E-state index contributed by atoms with van der Waals surface area (Å²) in [5.74, 6) is 0.00207. The Morgan fingerprint density at radius 1 is 1.00 bits per heavy atom. The van der Waals surface area contributed by atoms with Crippen molar-refractivity contribution in [3.63, 3.8) is 0 Å². The van der Waals surface area contributed by atoms with Gasteiger partial charge in [-0.15, -0.1) is 0 Å². The number of amides is 1. The number of hydrogen-bond donors (Lipinski definition) is 0. The van der Waals surface area contributed by atoms with Crippen molar-refractivity contribution in [2.75, 3.05) is 18.1 Å². The van der Waals surface area contributed by atoms with Crippen LogP contribution in [-0.2, 0) is 28.0 Å². The van der Waals surface area contributed by atoms with Crippen LogP contribution in [0.2, 0.25) is 0 Å². The molecule has 0 spiro atoms. The maximum atomic E-state index is 14.2. The Labute approximate surface area is 268 Å². The summed E-state index contributed by atoms with van der Waals surface area (Å²) in [6, 6.07) is 27.7. The van der Waals surface area contributed by atoms with Crippen molar-refractivity contribution in [1.82, 2.24) is 14.5 Å². The van der Waals surface area contributed by atoms with E-state index in [9.17, 15) is 4.79 Å². The fourth-order valence-corrected chi connectivity index (χ4v) is 7.71. The van der Waals surface area contributed by atoms with Crippen molar-refractivity contribution in [1.29, 1.82) is 0 Å². The van der Waals surface area contributed by atoms with Crippen LogP contribution in [0, 0.1) is 5.92 Å². The second-order valence-electron chi connectivity index (χ2n) is 11.8. The molecule has 3 heterocycles. The third-order valence-corrected chi connectivity index (χ3v) is 10.1. The predicted octanol–water partition coefficient (Wildman–Crippen LogP) is 8.08. The lowest BCUT2D eigenvalue weighted by molar-refractivity contribution is -0.125. The molecule has 0 atom stereocenters. The minimum absolute atomic E-state index is 0.0932. The van der Waals surface area contributed by atoms with Crippen LogP contribution in [0.4, 0.5) is 5.13 Å². The third-order valence-electron chi connectivity index (χ3n) is 9.06. The van der Waals surface area contributed by atoms with Gasteiger partial charge in [-0.25, -0.2) is 9.97 Å². The first-order valence-corrected chi connectivity index (χ1v) is 16.8. The van der Waals surface area contributed by atoms with E-state index in [2.05, 4.69) is 115 Å². The third kappa shape index (κ3) is 5.67. The van der Waals surface area contributed by atoms with Crippen molar-refractivity contribution < 1.29 is 9.53 Å². The number of ether oxygens (including phenoxy) is 1. The van der Waals surface area contributed by atoms with Crippen LogP contribution in [0.25, 0.3) is 10.2 Å². The van der Waals surface area contributed by atoms with Crippen molar-refractivity contribution in [2.24, 2.45) is 5.92 Å². The fraction of sp³-hybridized carbons (Fsp3) is 0.289. The van der Waals surface area contributed by atoms with Gasteiger partial charge in [0.05, 0.1) is 28.8 Å². The molecule has 1 amide bonds. The molecule has 5 aromatic rings. The normalized spacial score (nSPS) is 15.7. The Morgan fingerprint density at radius 3 is 2.40 bits per heavy atom. The van der Waals surface area contributed by atoms with Crippen molar-refractivity contribution in [3.05, 3.63) is 138 Å². The van der Waals surface area contributed by atoms with Gasteiger partial charge in [0.15, 0.2) is 5.13 Å². The molecule has 45 heavy (non-hydrogen) atoms. The molecule has 0 unspecified atom stereocenters.